The molecule has 6 nitrogen and oxygen atoms in total. The van der Waals surface area contributed by atoms with Crippen LogP contribution in [0.1, 0.15) is 52.2 Å². The number of unbranched alkanes of at least 4 members (excludes halogenated alkanes) is 1. The van der Waals surface area contributed by atoms with Crippen molar-refractivity contribution in [2.45, 2.75) is 52.5 Å². The summed E-state index contributed by atoms with van der Waals surface area (Å²) in [5.74, 6) is 2.33. The average molecular weight is 386 g/mol. The fourth-order valence-electron chi connectivity index (χ4n) is 2.71. The fraction of sp³-hybridized carbons (Fsp3) is 0.545. The Kier molecular flexibility index (Phi) is 8.36. The van der Waals surface area contributed by atoms with Gasteiger partial charge in [0.2, 0.25) is 5.89 Å². The van der Waals surface area contributed by atoms with Crippen LogP contribution < -0.4 is 15.5 Å². The molecule has 0 aliphatic carbocycles. The van der Waals surface area contributed by atoms with Crippen LogP contribution in [0.25, 0.3) is 0 Å². The number of aromatic nitrogens is 1. The zero-order valence-corrected chi connectivity index (χ0v) is 18.0. The standard InChI is InChI=1S/C22H35N5O/c1-6-23-21(26-17-20-25-16-19(28-20)22(2,3)4)24-14-10-11-15-27(5)18-12-8-7-9-13-18/h7-9,12-13,16H,6,10-11,14-15,17H2,1-5H3,(H2,23,24,26). The van der Waals surface area contributed by atoms with Crippen LogP contribution in [0.2, 0.25) is 0 Å². The van der Waals surface area contributed by atoms with Crippen LogP contribution in [0.15, 0.2) is 45.9 Å². The van der Waals surface area contributed by atoms with Gasteiger partial charge in [-0.3, -0.25) is 0 Å². The third-order valence-corrected chi connectivity index (χ3v) is 4.42. The topological polar surface area (TPSA) is 65.7 Å². The third-order valence-electron chi connectivity index (χ3n) is 4.42. The predicted molar refractivity (Wildman–Crippen MR) is 117 cm³/mol. The van der Waals surface area contributed by atoms with Gasteiger partial charge in [-0.2, -0.15) is 0 Å². The van der Waals surface area contributed by atoms with Crippen molar-refractivity contribution in [1.29, 1.82) is 0 Å². The van der Waals surface area contributed by atoms with Gasteiger partial charge in [-0.25, -0.2) is 9.98 Å². The Hall–Kier alpha value is -2.50. The van der Waals surface area contributed by atoms with E-state index < -0.39 is 0 Å². The molecular formula is C22H35N5O. The second kappa shape index (κ2) is 10.7. The van der Waals surface area contributed by atoms with Crippen LogP contribution in [0.5, 0.6) is 0 Å². The first-order chi connectivity index (χ1) is 13.4. The molecule has 0 spiro atoms. The maximum atomic E-state index is 5.81. The van der Waals surface area contributed by atoms with Crippen molar-refractivity contribution in [1.82, 2.24) is 15.6 Å². The summed E-state index contributed by atoms with van der Waals surface area (Å²) in [4.78, 5) is 11.2. The molecule has 0 amide bonds. The molecule has 2 N–H and O–H groups in total. The number of oxazole rings is 1. The van der Waals surface area contributed by atoms with Crippen molar-refractivity contribution in [3.63, 3.8) is 0 Å². The van der Waals surface area contributed by atoms with Gasteiger partial charge in [0.1, 0.15) is 12.3 Å². The Morgan fingerprint density at radius 3 is 2.54 bits per heavy atom. The van der Waals surface area contributed by atoms with E-state index in [9.17, 15) is 0 Å². The van der Waals surface area contributed by atoms with Gasteiger partial charge < -0.3 is 20.0 Å². The van der Waals surface area contributed by atoms with Gasteiger partial charge in [-0.05, 0) is 31.9 Å². The first-order valence-electron chi connectivity index (χ1n) is 10.1. The van der Waals surface area contributed by atoms with Crippen LogP contribution in [0, 0.1) is 0 Å². The Morgan fingerprint density at radius 1 is 1.14 bits per heavy atom. The summed E-state index contributed by atoms with van der Waals surface area (Å²) in [6, 6.07) is 10.5. The molecule has 28 heavy (non-hydrogen) atoms. The lowest BCUT2D eigenvalue weighted by Crippen LogP contribution is -2.38. The lowest BCUT2D eigenvalue weighted by molar-refractivity contribution is 0.383. The molecule has 0 aliphatic heterocycles. The molecule has 0 aliphatic rings. The van der Waals surface area contributed by atoms with Crippen molar-refractivity contribution >= 4 is 11.6 Å². The van der Waals surface area contributed by atoms with Crippen molar-refractivity contribution in [3.8, 4) is 0 Å². The fourth-order valence-corrected chi connectivity index (χ4v) is 2.71. The highest BCUT2D eigenvalue weighted by molar-refractivity contribution is 5.79. The number of hydrogen-bond acceptors (Lipinski definition) is 4. The summed E-state index contributed by atoms with van der Waals surface area (Å²) in [6.45, 7) is 11.6. The minimum absolute atomic E-state index is 0.0371. The molecule has 0 radical (unpaired) electrons. The van der Waals surface area contributed by atoms with E-state index in [0.717, 1.165) is 44.2 Å². The summed E-state index contributed by atoms with van der Waals surface area (Å²) in [5.41, 5.74) is 1.22. The Morgan fingerprint density at radius 2 is 1.89 bits per heavy atom. The summed E-state index contributed by atoms with van der Waals surface area (Å²) < 4.78 is 5.81. The second-order valence-corrected chi connectivity index (χ2v) is 7.95. The molecule has 2 rings (SSSR count). The molecule has 2 aromatic rings. The van der Waals surface area contributed by atoms with Gasteiger partial charge in [0, 0.05) is 37.8 Å². The lowest BCUT2D eigenvalue weighted by atomic mass is 9.94. The molecule has 0 fully saturated rings. The highest BCUT2D eigenvalue weighted by Crippen LogP contribution is 2.22. The van der Waals surface area contributed by atoms with Crippen LogP contribution in [-0.4, -0.2) is 37.6 Å². The van der Waals surface area contributed by atoms with Gasteiger partial charge >= 0.3 is 0 Å². The van der Waals surface area contributed by atoms with E-state index >= 15 is 0 Å². The molecule has 154 valence electrons. The molecule has 1 heterocycles. The van der Waals surface area contributed by atoms with E-state index in [2.05, 4.69) is 84.5 Å². The summed E-state index contributed by atoms with van der Waals surface area (Å²) in [6.07, 6.45) is 4.00. The van der Waals surface area contributed by atoms with Gasteiger partial charge in [-0.15, -0.1) is 0 Å². The minimum atomic E-state index is -0.0371. The van der Waals surface area contributed by atoms with Gasteiger partial charge in [0.25, 0.3) is 0 Å². The molecule has 0 saturated carbocycles. The normalized spacial score (nSPS) is 12.1. The highest BCUT2D eigenvalue weighted by atomic mass is 16.4. The van der Waals surface area contributed by atoms with Crippen LogP contribution in [0.4, 0.5) is 5.69 Å². The number of benzene rings is 1. The van der Waals surface area contributed by atoms with Crippen molar-refractivity contribution < 1.29 is 4.42 Å². The molecular weight excluding hydrogens is 350 g/mol. The smallest absolute Gasteiger partial charge is 0.216 e. The van der Waals surface area contributed by atoms with E-state index in [1.165, 1.54) is 5.69 Å². The van der Waals surface area contributed by atoms with Crippen molar-refractivity contribution in [2.75, 3.05) is 31.6 Å². The second-order valence-electron chi connectivity index (χ2n) is 7.95. The number of guanidine groups is 1. The molecule has 1 aromatic carbocycles. The largest absolute Gasteiger partial charge is 0.443 e. The third kappa shape index (κ3) is 7.25. The van der Waals surface area contributed by atoms with Crippen LogP contribution >= 0.6 is 0 Å². The first-order valence-corrected chi connectivity index (χ1v) is 10.1. The Balaban J connectivity index is 1.74. The van der Waals surface area contributed by atoms with Gasteiger partial charge in [0.05, 0.1) is 6.20 Å². The number of para-hydroxylation sites is 1. The molecule has 1 aromatic heterocycles. The Labute approximate surface area is 169 Å². The van der Waals surface area contributed by atoms with E-state index in [1.54, 1.807) is 6.20 Å². The van der Waals surface area contributed by atoms with Gasteiger partial charge in [-0.1, -0.05) is 39.0 Å². The number of nitrogens with one attached hydrogen (secondary N) is 2. The summed E-state index contributed by atoms with van der Waals surface area (Å²) in [5, 5.41) is 6.67. The molecule has 0 atom stereocenters. The first kappa shape index (κ1) is 21.8. The quantitative estimate of drug-likeness (QED) is 0.389. The number of nitrogens with zero attached hydrogens (tertiary/aromatic N) is 3. The van der Waals surface area contributed by atoms with Crippen molar-refractivity contribution in [3.05, 3.63) is 48.2 Å². The summed E-state index contributed by atoms with van der Waals surface area (Å²) >= 11 is 0. The van der Waals surface area contributed by atoms with E-state index in [0.29, 0.717) is 12.4 Å². The highest BCUT2D eigenvalue weighted by Gasteiger charge is 2.18. The minimum Gasteiger partial charge on any atom is -0.443 e. The number of rotatable bonds is 9. The van der Waals surface area contributed by atoms with Crippen LogP contribution in [0.3, 0.4) is 0 Å². The van der Waals surface area contributed by atoms with E-state index in [1.807, 2.05) is 6.07 Å². The summed E-state index contributed by atoms with van der Waals surface area (Å²) in [7, 11) is 2.14. The van der Waals surface area contributed by atoms with E-state index in [4.69, 9.17) is 4.42 Å². The molecule has 0 saturated heterocycles. The maximum absolute atomic E-state index is 5.81. The zero-order chi connectivity index (χ0) is 20.4. The number of anilines is 1. The Bertz CT molecular complexity index is 718. The van der Waals surface area contributed by atoms with Crippen molar-refractivity contribution in [2.24, 2.45) is 4.99 Å². The lowest BCUT2D eigenvalue weighted by Gasteiger charge is -2.19. The van der Waals surface area contributed by atoms with Crippen LogP contribution in [-0.2, 0) is 12.0 Å². The zero-order valence-electron chi connectivity index (χ0n) is 18.0. The van der Waals surface area contributed by atoms with Gasteiger partial charge in [0.15, 0.2) is 5.96 Å². The SMILES string of the molecule is CCNC(=NCc1ncc(C(C)(C)C)o1)NCCCCN(C)c1ccccc1. The average Bonchev–Trinajstić information content (AvgIpc) is 3.16. The number of hydrogen-bond donors (Lipinski definition) is 2. The molecule has 6 heteroatoms. The molecule has 0 unspecified atom stereocenters. The number of aliphatic imine (C=N–C) groups is 1. The predicted octanol–water partition coefficient (Wildman–Crippen LogP) is 3.94. The molecule has 0 bridgehead atoms. The monoisotopic (exact) mass is 385 g/mol. The maximum Gasteiger partial charge on any atom is 0.216 e. The van der Waals surface area contributed by atoms with E-state index in [-0.39, 0.29) is 5.41 Å².